The third-order valence-electron chi connectivity index (χ3n) is 4.35. The lowest BCUT2D eigenvalue weighted by atomic mass is 9.97. The van der Waals surface area contributed by atoms with Gasteiger partial charge in [0, 0.05) is 0 Å². The number of amides is 2. The van der Waals surface area contributed by atoms with Crippen molar-refractivity contribution >= 4 is 28.7 Å². The summed E-state index contributed by atoms with van der Waals surface area (Å²) in [5.74, 6) is -0.0239. The van der Waals surface area contributed by atoms with Gasteiger partial charge in [0.05, 0.1) is 0 Å². The maximum atomic E-state index is 11.9. The van der Waals surface area contributed by atoms with Gasteiger partial charge in [-0.15, -0.1) is 0 Å². The summed E-state index contributed by atoms with van der Waals surface area (Å²) >= 11 is 1.35. The number of carbonyl (C=O) groups is 2. The first kappa shape index (κ1) is 20.9. The number of aliphatic imine (C=N–C) groups is 1. The van der Waals surface area contributed by atoms with Gasteiger partial charge in [-0.3, -0.25) is 9.59 Å². The SMILES string of the molecule is CCC(C)c1ccccc1.CCSC1=NC(=O)C(c2ccccc2)C(=O)N1. The molecule has 0 radical (unpaired) electrons. The summed E-state index contributed by atoms with van der Waals surface area (Å²) in [5, 5.41) is 3.05. The Balaban J connectivity index is 0.000000223. The average molecular weight is 383 g/mol. The van der Waals surface area contributed by atoms with Crippen LogP contribution in [0.5, 0.6) is 0 Å². The van der Waals surface area contributed by atoms with E-state index in [1.807, 2.05) is 13.0 Å². The average Bonchev–Trinajstić information content (AvgIpc) is 2.69. The Bertz CT molecular complexity index is 775. The van der Waals surface area contributed by atoms with E-state index in [2.05, 4.69) is 54.5 Å². The molecule has 2 aromatic rings. The van der Waals surface area contributed by atoms with E-state index in [-0.39, 0.29) is 5.91 Å². The molecule has 0 spiro atoms. The number of benzene rings is 2. The standard InChI is InChI=1S/C12H12N2O2S.C10H14/c1-2-17-12-13-10(15)9(11(16)14-12)8-6-4-3-5-7-8;1-3-9(2)10-7-5-4-6-8-10/h3-7,9H,2H2,1H3,(H,13,14,15,16);4-9H,3H2,1-2H3. The third kappa shape index (κ3) is 6.07. The van der Waals surface area contributed by atoms with Gasteiger partial charge in [-0.05, 0) is 29.2 Å². The van der Waals surface area contributed by atoms with Crippen molar-refractivity contribution in [3.63, 3.8) is 0 Å². The fourth-order valence-electron chi connectivity index (χ4n) is 2.64. The van der Waals surface area contributed by atoms with Gasteiger partial charge >= 0.3 is 0 Å². The number of amidine groups is 1. The van der Waals surface area contributed by atoms with Gasteiger partial charge in [0.15, 0.2) is 5.17 Å². The topological polar surface area (TPSA) is 58.5 Å². The van der Waals surface area contributed by atoms with Gasteiger partial charge in [0.2, 0.25) is 5.91 Å². The van der Waals surface area contributed by atoms with Crippen molar-refractivity contribution < 1.29 is 9.59 Å². The summed E-state index contributed by atoms with van der Waals surface area (Å²) < 4.78 is 0. The normalized spacial score (nSPS) is 17.3. The van der Waals surface area contributed by atoms with Crippen molar-refractivity contribution in [2.45, 2.75) is 39.0 Å². The zero-order chi connectivity index (χ0) is 19.6. The monoisotopic (exact) mass is 382 g/mol. The predicted octanol–water partition coefficient (Wildman–Crippen LogP) is 4.74. The molecule has 1 aliphatic rings. The molecule has 2 aromatic carbocycles. The van der Waals surface area contributed by atoms with Crippen molar-refractivity contribution in [2.75, 3.05) is 5.75 Å². The number of thioether (sulfide) groups is 1. The number of hydrogen-bond acceptors (Lipinski definition) is 3. The van der Waals surface area contributed by atoms with Crippen molar-refractivity contribution in [1.82, 2.24) is 5.32 Å². The summed E-state index contributed by atoms with van der Waals surface area (Å²) in [5.41, 5.74) is 2.13. The molecule has 0 saturated carbocycles. The van der Waals surface area contributed by atoms with Crippen LogP contribution in [-0.2, 0) is 9.59 Å². The predicted molar refractivity (Wildman–Crippen MR) is 113 cm³/mol. The molecular formula is C22H26N2O2S. The van der Waals surface area contributed by atoms with E-state index in [9.17, 15) is 9.59 Å². The van der Waals surface area contributed by atoms with Crippen LogP contribution in [-0.4, -0.2) is 22.7 Å². The highest BCUT2D eigenvalue weighted by molar-refractivity contribution is 8.13. The molecule has 1 aliphatic heterocycles. The lowest BCUT2D eigenvalue weighted by Crippen LogP contribution is -2.41. The van der Waals surface area contributed by atoms with Crippen molar-refractivity contribution in [1.29, 1.82) is 0 Å². The fourth-order valence-corrected chi connectivity index (χ4v) is 3.24. The highest BCUT2D eigenvalue weighted by Crippen LogP contribution is 2.21. The maximum absolute atomic E-state index is 11.9. The number of rotatable bonds is 4. The van der Waals surface area contributed by atoms with Crippen LogP contribution in [0.25, 0.3) is 0 Å². The summed E-state index contributed by atoms with van der Waals surface area (Å²) in [6.07, 6.45) is 1.23. The third-order valence-corrected chi connectivity index (χ3v) is 5.10. The van der Waals surface area contributed by atoms with Gasteiger partial charge in [-0.25, -0.2) is 0 Å². The molecule has 0 saturated heterocycles. The van der Waals surface area contributed by atoms with E-state index >= 15 is 0 Å². The molecule has 27 heavy (non-hydrogen) atoms. The Morgan fingerprint density at radius 3 is 2.11 bits per heavy atom. The molecule has 0 aromatic heterocycles. The Labute approximate surface area is 165 Å². The molecule has 2 amide bonds. The summed E-state index contributed by atoms with van der Waals surface area (Å²) in [6, 6.07) is 19.6. The number of carbonyl (C=O) groups excluding carboxylic acids is 2. The Morgan fingerprint density at radius 1 is 1.00 bits per heavy atom. The minimum Gasteiger partial charge on any atom is -0.304 e. The largest absolute Gasteiger partial charge is 0.304 e. The van der Waals surface area contributed by atoms with E-state index in [1.165, 1.54) is 23.7 Å². The Kier molecular flexibility index (Phi) is 8.27. The zero-order valence-electron chi connectivity index (χ0n) is 16.0. The van der Waals surface area contributed by atoms with E-state index < -0.39 is 11.8 Å². The highest BCUT2D eigenvalue weighted by Gasteiger charge is 2.33. The summed E-state index contributed by atoms with van der Waals surface area (Å²) in [6.45, 7) is 6.42. The minimum atomic E-state index is -0.808. The van der Waals surface area contributed by atoms with E-state index in [0.29, 0.717) is 16.6 Å². The van der Waals surface area contributed by atoms with Gasteiger partial charge in [-0.2, -0.15) is 4.99 Å². The lowest BCUT2D eigenvalue weighted by molar-refractivity contribution is -0.129. The van der Waals surface area contributed by atoms with Gasteiger partial charge in [-0.1, -0.05) is 93.2 Å². The van der Waals surface area contributed by atoms with Crippen LogP contribution < -0.4 is 5.32 Å². The lowest BCUT2D eigenvalue weighted by Gasteiger charge is -2.19. The van der Waals surface area contributed by atoms with Crippen LogP contribution in [0.3, 0.4) is 0 Å². The van der Waals surface area contributed by atoms with Crippen molar-refractivity contribution in [3.05, 3.63) is 71.8 Å². The molecule has 142 valence electrons. The molecule has 0 aliphatic carbocycles. The number of hydrogen-bond donors (Lipinski definition) is 1. The molecule has 0 fully saturated rings. The number of nitrogens with one attached hydrogen (secondary N) is 1. The van der Waals surface area contributed by atoms with E-state index in [0.717, 1.165) is 5.75 Å². The smallest absolute Gasteiger partial charge is 0.265 e. The summed E-state index contributed by atoms with van der Waals surface area (Å²) in [4.78, 5) is 27.6. The number of nitrogens with zero attached hydrogens (tertiary/aromatic N) is 1. The van der Waals surface area contributed by atoms with Crippen LogP contribution in [0.2, 0.25) is 0 Å². The Morgan fingerprint density at radius 2 is 1.59 bits per heavy atom. The quantitative estimate of drug-likeness (QED) is 0.777. The van der Waals surface area contributed by atoms with Crippen LogP contribution in [0.1, 0.15) is 50.2 Å². The van der Waals surface area contributed by atoms with Crippen molar-refractivity contribution in [2.24, 2.45) is 4.99 Å². The molecule has 1 heterocycles. The van der Waals surface area contributed by atoms with Crippen LogP contribution in [0.15, 0.2) is 65.7 Å². The Hall–Kier alpha value is -2.40. The molecular weight excluding hydrogens is 356 g/mol. The molecule has 1 N–H and O–H groups in total. The molecule has 3 rings (SSSR count). The first-order chi connectivity index (χ1) is 13.1. The highest BCUT2D eigenvalue weighted by atomic mass is 32.2. The summed E-state index contributed by atoms with van der Waals surface area (Å²) in [7, 11) is 0. The molecule has 0 bridgehead atoms. The maximum Gasteiger partial charge on any atom is 0.265 e. The van der Waals surface area contributed by atoms with E-state index in [4.69, 9.17) is 0 Å². The van der Waals surface area contributed by atoms with Crippen LogP contribution in [0, 0.1) is 0 Å². The van der Waals surface area contributed by atoms with Crippen molar-refractivity contribution in [3.8, 4) is 0 Å². The zero-order valence-corrected chi connectivity index (χ0v) is 16.8. The second-order valence-electron chi connectivity index (χ2n) is 6.24. The van der Waals surface area contributed by atoms with Gasteiger partial charge in [0.1, 0.15) is 5.92 Å². The molecule has 5 heteroatoms. The van der Waals surface area contributed by atoms with Gasteiger partial charge < -0.3 is 5.32 Å². The molecule has 2 atom stereocenters. The van der Waals surface area contributed by atoms with Crippen LogP contribution >= 0.6 is 11.8 Å². The van der Waals surface area contributed by atoms with E-state index in [1.54, 1.807) is 24.3 Å². The van der Waals surface area contributed by atoms with Gasteiger partial charge in [0.25, 0.3) is 5.91 Å². The minimum absolute atomic E-state index is 0.299. The molecule has 4 nitrogen and oxygen atoms in total. The van der Waals surface area contributed by atoms with Crippen LogP contribution in [0.4, 0.5) is 0 Å². The second kappa shape index (κ2) is 10.7. The first-order valence-corrected chi connectivity index (χ1v) is 10.2. The fraction of sp³-hybridized carbons (Fsp3) is 0.318. The first-order valence-electron chi connectivity index (χ1n) is 9.22. The molecule has 2 unspecified atom stereocenters. The second-order valence-corrected chi connectivity index (χ2v) is 7.49.